The van der Waals surface area contributed by atoms with E-state index in [-0.39, 0.29) is 47.5 Å². The number of hydrogen-bond donors (Lipinski definition) is 4. The first-order chi connectivity index (χ1) is 16.6. The maximum atomic E-state index is 13.7. The predicted octanol–water partition coefficient (Wildman–Crippen LogP) is 1.69. The minimum absolute atomic E-state index is 0. The Bertz CT molecular complexity index is 1590. The number of benzene rings is 1. The highest BCUT2D eigenvalue weighted by Crippen LogP contribution is 2.34. The molecule has 190 valence electrons. The number of aromatic amines is 1. The first kappa shape index (κ1) is 27.0. The number of nitrogens with one attached hydrogen (secondary N) is 1. The molecule has 0 bridgehead atoms. The second-order valence-electron chi connectivity index (χ2n) is 8.16. The van der Waals surface area contributed by atoms with E-state index < -0.39 is 16.8 Å². The number of halogens is 2. The molecule has 6 N–H and O–H groups in total. The number of fused-ring (bicyclic) bond motifs is 3. The number of carbonyl (C=O) groups is 1. The van der Waals surface area contributed by atoms with Crippen molar-refractivity contribution in [3.05, 3.63) is 82.2 Å². The topological polar surface area (TPSA) is 172 Å². The van der Waals surface area contributed by atoms with Gasteiger partial charge in [-0.2, -0.15) is 0 Å². The van der Waals surface area contributed by atoms with Gasteiger partial charge in [0.15, 0.2) is 0 Å². The van der Waals surface area contributed by atoms with Crippen molar-refractivity contribution in [1.82, 2.24) is 9.97 Å². The zero-order chi connectivity index (χ0) is 25.4. The highest BCUT2D eigenvalue weighted by Gasteiger charge is 2.23. The van der Waals surface area contributed by atoms with Gasteiger partial charge in [-0.3, -0.25) is 14.4 Å². The molecule has 1 aliphatic rings. The number of H-pyrrole nitrogens is 1. The standard InChI is InChI=1S/C13H14FN3O2.C10H8N2O3S.ClH/c1-17(11-10(16)12(18)13(11)19)6-8-4-7(5-15)2-3-9(8)14;13-8-6-4-2-1-3-5(4)16-9(6)12-7(11-8)10(14)15;/h2-4H,5-6,15-16H2,1H3;1-3H2,(H,14,15)(H,11,12,13);1H. The number of carboxylic acids is 1. The summed E-state index contributed by atoms with van der Waals surface area (Å²) >= 11 is 1.44. The molecule has 2 aromatic heterocycles. The van der Waals surface area contributed by atoms with Gasteiger partial charge >= 0.3 is 5.97 Å². The molecule has 2 heterocycles. The summed E-state index contributed by atoms with van der Waals surface area (Å²) in [7, 11) is 1.58. The molecule has 1 aliphatic carbocycles. The molecule has 5 rings (SSSR count). The van der Waals surface area contributed by atoms with Crippen molar-refractivity contribution in [2.24, 2.45) is 5.73 Å². The summed E-state index contributed by atoms with van der Waals surface area (Å²) in [6.07, 6.45) is 2.93. The Kier molecular flexibility index (Phi) is 7.92. The van der Waals surface area contributed by atoms with Gasteiger partial charge < -0.3 is 26.5 Å². The second-order valence-corrected chi connectivity index (χ2v) is 9.25. The van der Waals surface area contributed by atoms with E-state index in [9.17, 15) is 23.6 Å². The molecule has 0 saturated heterocycles. The van der Waals surface area contributed by atoms with E-state index in [1.165, 1.54) is 27.2 Å². The number of rotatable bonds is 5. The van der Waals surface area contributed by atoms with Gasteiger partial charge in [-0.1, -0.05) is 6.07 Å². The quantitative estimate of drug-likeness (QED) is 0.277. The van der Waals surface area contributed by atoms with Crippen LogP contribution in [0.4, 0.5) is 15.8 Å². The summed E-state index contributed by atoms with van der Waals surface area (Å²) in [5.41, 5.74) is 11.6. The lowest BCUT2D eigenvalue weighted by atomic mass is 10.1. The van der Waals surface area contributed by atoms with Gasteiger partial charge in [-0.05, 0) is 42.5 Å². The molecule has 4 aromatic rings. The van der Waals surface area contributed by atoms with E-state index in [1.807, 2.05) is 0 Å². The highest BCUT2D eigenvalue weighted by atomic mass is 35.5. The van der Waals surface area contributed by atoms with E-state index in [2.05, 4.69) is 9.97 Å². The Morgan fingerprint density at radius 1 is 1.25 bits per heavy atom. The van der Waals surface area contributed by atoms with Crippen molar-refractivity contribution >= 4 is 51.3 Å². The Labute approximate surface area is 213 Å². The molecule has 0 amide bonds. The van der Waals surface area contributed by atoms with Gasteiger partial charge in [0.25, 0.3) is 16.4 Å². The van der Waals surface area contributed by atoms with Crippen molar-refractivity contribution in [3.8, 4) is 0 Å². The maximum absolute atomic E-state index is 13.7. The zero-order valence-electron chi connectivity index (χ0n) is 19.1. The molecule has 2 aromatic carbocycles. The third-order valence-corrected chi connectivity index (χ3v) is 7.02. The van der Waals surface area contributed by atoms with E-state index in [0.717, 1.165) is 30.4 Å². The second kappa shape index (κ2) is 10.6. The number of nitrogens with zero attached hydrogens (tertiary/aromatic N) is 2. The molecular formula is C23H23ClFN5O5S. The number of nitrogens with two attached hydrogens (primary N) is 2. The average Bonchev–Trinajstić information content (AvgIpc) is 3.41. The van der Waals surface area contributed by atoms with Crippen LogP contribution in [0.15, 0.2) is 32.6 Å². The lowest BCUT2D eigenvalue weighted by molar-refractivity contribution is 0.0683. The van der Waals surface area contributed by atoms with Crippen LogP contribution in [0.5, 0.6) is 0 Å². The summed E-state index contributed by atoms with van der Waals surface area (Å²) in [6, 6.07) is 4.56. The molecule has 0 fully saturated rings. The first-order valence-electron chi connectivity index (χ1n) is 10.7. The molecule has 0 atom stereocenters. The number of aromatic carboxylic acids is 1. The van der Waals surface area contributed by atoms with Crippen molar-refractivity contribution in [2.45, 2.75) is 32.4 Å². The fourth-order valence-corrected chi connectivity index (χ4v) is 5.35. The van der Waals surface area contributed by atoms with Gasteiger partial charge in [0.05, 0.1) is 5.39 Å². The molecular weight excluding hydrogens is 513 g/mol. The Morgan fingerprint density at radius 2 is 1.97 bits per heavy atom. The molecule has 0 unspecified atom stereocenters. The first-order valence-corrected chi connectivity index (χ1v) is 11.5. The van der Waals surface area contributed by atoms with Gasteiger partial charge in [0.2, 0.25) is 5.82 Å². The van der Waals surface area contributed by atoms with Crippen LogP contribution in [0.2, 0.25) is 0 Å². The van der Waals surface area contributed by atoms with Crippen molar-refractivity contribution in [1.29, 1.82) is 0 Å². The van der Waals surface area contributed by atoms with Gasteiger partial charge in [-0.25, -0.2) is 14.2 Å². The van der Waals surface area contributed by atoms with Crippen LogP contribution in [-0.2, 0) is 25.9 Å². The number of nitrogen functional groups attached to an aromatic ring is 1. The van der Waals surface area contributed by atoms with Crippen LogP contribution in [0.25, 0.3) is 10.2 Å². The number of thiophene rings is 1. The van der Waals surface area contributed by atoms with Gasteiger partial charge in [0, 0.05) is 30.6 Å². The number of anilines is 2. The van der Waals surface area contributed by atoms with Crippen molar-refractivity contribution in [2.75, 3.05) is 17.7 Å². The van der Waals surface area contributed by atoms with E-state index in [4.69, 9.17) is 16.6 Å². The number of carboxylic acid groups (broad SMARTS) is 1. The van der Waals surface area contributed by atoms with E-state index in [0.29, 0.717) is 22.3 Å². The molecule has 0 radical (unpaired) electrons. The van der Waals surface area contributed by atoms with Crippen LogP contribution >= 0.6 is 23.7 Å². The minimum Gasteiger partial charge on any atom is -0.475 e. The predicted molar refractivity (Wildman–Crippen MR) is 139 cm³/mol. The van der Waals surface area contributed by atoms with Crippen LogP contribution in [0.3, 0.4) is 0 Å². The normalized spacial score (nSPS) is 12.1. The SMILES string of the molecule is CN(Cc1cc(CN)ccc1F)c1c(N)c(=O)c1=O.Cl.O=C(O)c1nc2sc3c(c2c(=O)[nH]1)CCC3. The lowest BCUT2D eigenvalue weighted by Crippen LogP contribution is -2.40. The highest BCUT2D eigenvalue weighted by molar-refractivity contribution is 7.18. The van der Waals surface area contributed by atoms with Gasteiger partial charge in [0.1, 0.15) is 22.0 Å². The fourth-order valence-electron chi connectivity index (χ4n) is 4.09. The average molecular weight is 536 g/mol. The summed E-state index contributed by atoms with van der Waals surface area (Å²) in [6.45, 7) is 0.452. The van der Waals surface area contributed by atoms with Crippen LogP contribution in [0, 0.1) is 5.82 Å². The summed E-state index contributed by atoms with van der Waals surface area (Å²) in [5, 5.41) is 9.37. The van der Waals surface area contributed by atoms with Gasteiger partial charge in [-0.15, -0.1) is 23.7 Å². The summed E-state index contributed by atoms with van der Waals surface area (Å²) in [4.78, 5) is 54.4. The molecule has 0 spiro atoms. The monoisotopic (exact) mass is 535 g/mol. The Balaban J connectivity index is 0.000000197. The van der Waals surface area contributed by atoms with Crippen molar-refractivity contribution in [3.63, 3.8) is 0 Å². The summed E-state index contributed by atoms with van der Waals surface area (Å²) < 4.78 is 13.7. The third kappa shape index (κ3) is 4.87. The minimum atomic E-state index is -1.20. The maximum Gasteiger partial charge on any atom is 0.372 e. The smallest absolute Gasteiger partial charge is 0.372 e. The largest absolute Gasteiger partial charge is 0.475 e. The van der Waals surface area contributed by atoms with E-state index in [1.54, 1.807) is 19.2 Å². The van der Waals surface area contributed by atoms with E-state index >= 15 is 0 Å². The molecule has 10 nitrogen and oxygen atoms in total. The van der Waals surface area contributed by atoms with Crippen LogP contribution in [-0.4, -0.2) is 28.1 Å². The molecule has 13 heteroatoms. The van der Waals surface area contributed by atoms with Crippen LogP contribution < -0.4 is 32.8 Å². The molecule has 0 saturated carbocycles. The molecule has 36 heavy (non-hydrogen) atoms. The fraction of sp³-hybridized carbons (Fsp3) is 0.261. The Morgan fingerprint density at radius 3 is 2.61 bits per heavy atom. The number of hydrogen-bond acceptors (Lipinski definition) is 9. The molecule has 0 aliphatic heterocycles. The van der Waals surface area contributed by atoms with Crippen LogP contribution in [0.1, 0.15) is 38.6 Å². The zero-order valence-corrected chi connectivity index (χ0v) is 20.7. The number of aromatic nitrogens is 2. The lowest BCUT2D eigenvalue weighted by Gasteiger charge is -2.22. The Hall–Kier alpha value is -3.61. The number of aryl methyl sites for hydroxylation is 2. The third-order valence-electron chi connectivity index (χ3n) is 5.83. The summed E-state index contributed by atoms with van der Waals surface area (Å²) in [5.74, 6) is -1.87. The van der Waals surface area contributed by atoms with Crippen molar-refractivity contribution < 1.29 is 14.3 Å².